The van der Waals surface area contributed by atoms with E-state index in [1.807, 2.05) is 0 Å². The first kappa shape index (κ1) is 17.3. The number of carbonyl (C=O) groups is 1. The summed E-state index contributed by atoms with van der Waals surface area (Å²) in [5.74, 6) is -0.0261. The number of anilines is 1. The highest BCUT2D eigenvalue weighted by Gasteiger charge is 2.20. The second kappa shape index (κ2) is 7.60. The Kier molecular flexibility index (Phi) is 5.50. The summed E-state index contributed by atoms with van der Waals surface area (Å²) in [6, 6.07) is 4.86. The Morgan fingerprint density at radius 3 is 2.79 bits per heavy atom. The van der Waals surface area contributed by atoms with Crippen LogP contribution in [0.25, 0.3) is 0 Å². The summed E-state index contributed by atoms with van der Waals surface area (Å²) in [5, 5.41) is 2.76. The number of fused-ring (bicyclic) bond motifs is 1. The van der Waals surface area contributed by atoms with Crippen molar-refractivity contribution in [2.45, 2.75) is 24.2 Å². The summed E-state index contributed by atoms with van der Waals surface area (Å²) in [6.07, 6.45) is 1.77. The quantitative estimate of drug-likeness (QED) is 0.581. The highest BCUT2D eigenvalue weighted by Crippen LogP contribution is 2.25. The Morgan fingerprint density at radius 1 is 1.21 bits per heavy atom. The maximum Gasteiger partial charge on any atom is 0.240 e. The fourth-order valence-electron chi connectivity index (χ4n) is 3.07. The number of nitrogens with one attached hydrogen (secondary N) is 3. The largest absolute Gasteiger partial charge is 0.370 e. The number of rotatable bonds is 6. The molecule has 0 bridgehead atoms. The van der Waals surface area contributed by atoms with Crippen LogP contribution in [-0.2, 0) is 26.0 Å². The topological polar surface area (TPSA) is 88.9 Å². The molecular formula is C16H24N3O4S+. The van der Waals surface area contributed by atoms with Crippen LogP contribution in [0.2, 0.25) is 0 Å². The van der Waals surface area contributed by atoms with Crippen molar-refractivity contribution >= 4 is 21.6 Å². The number of hydrogen-bond acceptors (Lipinski definition) is 4. The van der Waals surface area contributed by atoms with Gasteiger partial charge in [0.25, 0.3) is 0 Å². The molecule has 1 amide bonds. The predicted molar refractivity (Wildman–Crippen MR) is 89.6 cm³/mol. The Labute approximate surface area is 142 Å². The van der Waals surface area contributed by atoms with Crippen LogP contribution in [0.5, 0.6) is 0 Å². The third-order valence-corrected chi connectivity index (χ3v) is 5.94. The van der Waals surface area contributed by atoms with Crippen LogP contribution < -0.4 is 14.9 Å². The minimum atomic E-state index is -3.51. The Morgan fingerprint density at radius 2 is 2.00 bits per heavy atom. The van der Waals surface area contributed by atoms with Crippen molar-refractivity contribution in [1.29, 1.82) is 0 Å². The van der Waals surface area contributed by atoms with Gasteiger partial charge in [-0.15, -0.1) is 0 Å². The molecule has 2 aliphatic rings. The minimum absolute atomic E-state index is 0.0261. The Hall–Kier alpha value is -1.48. The van der Waals surface area contributed by atoms with Gasteiger partial charge in [-0.1, -0.05) is 0 Å². The number of aryl methyl sites for hydroxylation is 1. The lowest BCUT2D eigenvalue weighted by molar-refractivity contribution is -0.908. The van der Waals surface area contributed by atoms with Crippen molar-refractivity contribution in [2.24, 2.45) is 0 Å². The van der Waals surface area contributed by atoms with Crippen LogP contribution in [0.15, 0.2) is 23.1 Å². The number of benzene rings is 1. The van der Waals surface area contributed by atoms with E-state index < -0.39 is 10.0 Å². The molecule has 1 aromatic rings. The third-order valence-electron chi connectivity index (χ3n) is 4.48. The van der Waals surface area contributed by atoms with Gasteiger partial charge >= 0.3 is 0 Å². The van der Waals surface area contributed by atoms with Gasteiger partial charge in [0.1, 0.15) is 13.1 Å². The molecule has 132 valence electrons. The molecule has 1 fully saturated rings. The average Bonchev–Trinajstić information content (AvgIpc) is 2.59. The third kappa shape index (κ3) is 4.32. The number of morpholine rings is 1. The van der Waals surface area contributed by atoms with Gasteiger partial charge in [-0.05, 0) is 30.2 Å². The Balaban J connectivity index is 1.54. The molecule has 0 spiro atoms. The molecule has 2 aliphatic heterocycles. The molecule has 8 heteroatoms. The van der Waals surface area contributed by atoms with Crippen molar-refractivity contribution in [3.8, 4) is 0 Å². The van der Waals surface area contributed by atoms with E-state index in [2.05, 4.69) is 10.0 Å². The van der Waals surface area contributed by atoms with Crippen molar-refractivity contribution in [1.82, 2.24) is 4.72 Å². The Bertz CT molecular complexity index is 699. The van der Waals surface area contributed by atoms with Crippen LogP contribution >= 0.6 is 0 Å². The maximum atomic E-state index is 12.4. The first-order chi connectivity index (χ1) is 11.5. The van der Waals surface area contributed by atoms with E-state index >= 15 is 0 Å². The van der Waals surface area contributed by atoms with E-state index in [4.69, 9.17) is 4.74 Å². The van der Waals surface area contributed by atoms with E-state index in [0.29, 0.717) is 25.1 Å². The number of sulfonamides is 1. The van der Waals surface area contributed by atoms with Gasteiger partial charge in [0.15, 0.2) is 0 Å². The summed E-state index contributed by atoms with van der Waals surface area (Å²) in [7, 11) is -3.51. The van der Waals surface area contributed by atoms with E-state index in [0.717, 1.165) is 44.8 Å². The standard InChI is InChI=1S/C16H23N3O4S/c20-16-5-2-13-12-14(3-4-15(13)18-16)24(21,22)17-6-1-7-19-8-10-23-11-9-19/h3-4,12,17H,1-2,5-11H2,(H,18,20)/p+1. The fraction of sp³-hybridized carbons (Fsp3) is 0.562. The summed E-state index contributed by atoms with van der Waals surface area (Å²) >= 11 is 0. The molecule has 0 atom stereocenters. The number of hydrogen-bond donors (Lipinski definition) is 3. The van der Waals surface area contributed by atoms with Crippen molar-refractivity contribution in [2.75, 3.05) is 44.7 Å². The molecule has 0 saturated carbocycles. The van der Waals surface area contributed by atoms with Crippen LogP contribution in [0.1, 0.15) is 18.4 Å². The highest BCUT2D eigenvalue weighted by atomic mass is 32.2. The van der Waals surface area contributed by atoms with Gasteiger partial charge in [-0.2, -0.15) is 0 Å². The smallest absolute Gasteiger partial charge is 0.240 e. The highest BCUT2D eigenvalue weighted by molar-refractivity contribution is 7.89. The fourth-order valence-corrected chi connectivity index (χ4v) is 4.19. The zero-order chi connectivity index (χ0) is 17.0. The molecule has 3 rings (SSSR count). The maximum absolute atomic E-state index is 12.4. The van der Waals surface area contributed by atoms with E-state index in [1.54, 1.807) is 18.2 Å². The number of quaternary nitrogens is 1. The van der Waals surface area contributed by atoms with E-state index in [1.165, 1.54) is 4.90 Å². The number of amides is 1. The lowest BCUT2D eigenvalue weighted by Crippen LogP contribution is -3.14. The van der Waals surface area contributed by atoms with Gasteiger partial charge < -0.3 is 15.0 Å². The number of ether oxygens (including phenoxy) is 1. The van der Waals surface area contributed by atoms with Gasteiger partial charge in [0, 0.05) is 25.1 Å². The van der Waals surface area contributed by atoms with Gasteiger partial charge in [0.05, 0.1) is 24.7 Å². The normalized spacial score (nSPS) is 18.9. The van der Waals surface area contributed by atoms with Crippen LogP contribution in [0, 0.1) is 0 Å². The zero-order valence-electron chi connectivity index (χ0n) is 13.6. The van der Waals surface area contributed by atoms with E-state index in [-0.39, 0.29) is 10.8 Å². The second-order valence-corrected chi connectivity index (χ2v) is 8.00. The molecule has 2 heterocycles. The zero-order valence-corrected chi connectivity index (χ0v) is 14.5. The molecule has 0 aliphatic carbocycles. The summed E-state index contributed by atoms with van der Waals surface area (Å²) < 4.78 is 32.8. The lowest BCUT2D eigenvalue weighted by atomic mass is 10.0. The predicted octanol–water partition coefficient (Wildman–Crippen LogP) is -0.845. The lowest BCUT2D eigenvalue weighted by Gasteiger charge is -2.23. The van der Waals surface area contributed by atoms with Crippen LogP contribution in [0.3, 0.4) is 0 Å². The monoisotopic (exact) mass is 354 g/mol. The summed E-state index contributed by atoms with van der Waals surface area (Å²) in [6.45, 7) is 4.93. The molecule has 0 aromatic heterocycles. The first-order valence-electron chi connectivity index (χ1n) is 8.38. The van der Waals surface area contributed by atoms with Crippen molar-refractivity contribution < 1.29 is 22.8 Å². The SMILES string of the molecule is O=C1CCc2cc(S(=O)(=O)NCCC[NH+]3CCOCC3)ccc2N1. The summed E-state index contributed by atoms with van der Waals surface area (Å²) in [5.41, 5.74) is 1.58. The number of carbonyl (C=O) groups excluding carboxylic acids is 1. The average molecular weight is 354 g/mol. The molecule has 3 N–H and O–H groups in total. The molecule has 1 aromatic carbocycles. The molecule has 7 nitrogen and oxygen atoms in total. The minimum Gasteiger partial charge on any atom is -0.370 e. The molecule has 0 unspecified atom stereocenters. The molecule has 1 saturated heterocycles. The summed E-state index contributed by atoms with van der Waals surface area (Å²) in [4.78, 5) is 13.1. The van der Waals surface area contributed by atoms with Crippen molar-refractivity contribution in [3.63, 3.8) is 0 Å². The second-order valence-electron chi connectivity index (χ2n) is 6.23. The first-order valence-corrected chi connectivity index (χ1v) is 9.87. The van der Waals surface area contributed by atoms with E-state index in [9.17, 15) is 13.2 Å². The molecule has 24 heavy (non-hydrogen) atoms. The van der Waals surface area contributed by atoms with Gasteiger partial charge in [-0.3, -0.25) is 4.79 Å². The molecule has 0 radical (unpaired) electrons. The van der Waals surface area contributed by atoms with Gasteiger partial charge in [-0.25, -0.2) is 13.1 Å². The van der Waals surface area contributed by atoms with Gasteiger partial charge in [0.2, 0.25) is 15.9 Å². The van der Waals surface area contributed by atoms with Crippen LogP contribution in [0.4, 0.5) is 5.69 Å². The van der Waals surface area contributed by atoms with Crippen LogP contribution in [-0.4, -0.2) is 53.7 Å². The van der Waals surface area contributed by atoms with Crippen molar-refractivity contribution in [3.05, 3.63) is 23.8 Å². The molecular weight excluding hydrogens is 330 g/mol.